The molecule has 1 heterocycles. The highest BCUT2D eigenvalue weighted by Crippen LogP contribution is 2.13. The van der Waals surface area contributed by atoms with E-state index in [1.165, 1.54) is 6.92 Å². The Balaban J connectivity index is 2.60. The van der Waals surface area contributed by atoms with Crippen molar-refractivity contribution in [3.63, 3.8) is 0 Å². The number of nitrogens with one attached hydrogen (secondary N) is 1. The number of hydrogen-bond donors (Lipinski definition) is 2. The topological polar surface area (TPSA) is 84.2 Å². The number of aromatic nitrogens is 2. The van der Waals surface area contributed by atoms with Crippen molar-refractivity contribution in [3.8, 4) is 0 Å². The summed E-state index contributed by atoms with van der Waals surface area (Å²) in [6.07, 6.45) is 0.208. The Kier molecular flexibility index (Phi) is 4.47. The lowest BCUT2D eigenvalue weighted by Gasteiger charge is -2.15. The fourth-order valence-corrected chi connectivity index (χ4v) is 1.81. The Morgan fingerprint density at radius 1 is 1.44 bits per heavy atom. The van der Waals surface area contributed by atoms with Crippen molar-refractivity contribution in [2.45, 2.75) is 46.2 Å². The van der Waals surface area contributed by atoms with E-state index in [1.54, 1.807) is 4.68 Å². The van der Waals surface area contributed by atoms with Gasteiger partial charge in [-0.05, 0) is 33.8 Å². The predicted molar refractivity (Wildman–Crippen MR) is 66.3 cm³/mol. The zero-order valence-corrected chi connectivity index (χ0v) is 11.1. The monoisotopic (exact) mass is 253 g/mol. The molecule has 1 aromatic rings. The average molecular weight is 253 g/mol. The molecule has 0 spiro atoms. The number of carboxylic acids is 1. The Morgan fingerprint density at radius 3 is 2.50 bits per heavy atom. The van der Waals surface area contributed by atoms with Crippen molar-refractivity contribution in [1.82, 2.24) is 15.1 Å². The second-order valence-corrected chi connectivity index (χ2v) is 4.55. The van der Waals surface area contributed by atoms with Gasteiger partial charge in [0.05, 0.1) is 11.7 Å². The van der Waals surface area contributed by atoms with Gasteiger partial charge in [0, 0.05) is 12.1 Å². The summed E-state index contributed by atoms with van der Waals surface area (Å²) in [6, 6.07) is 0.971. The van der Waals surface area contributed by atoms with Crippen LogP contribution in [0.15, 0.2) is 6.07 Å². The lowest BCUT2D eigenvalue weighted by Crippen LogP contribution is -2.39. The largest absolute Gasteiger partial charge is 0.480 e. The lowest BCUT2D eigenvalue weighted by molar-refractivity contribution is -0.141. The summed E-state index contributed by atoms with van der Waals surface area (Å²) >= 11 is 0. The summed E-state index contributed by atoms with van der Waals surface area (Å²) in [4.78, 5) is 22.3. The first-order valence-electron chi connectivity index (χ1n) is 5.86. The molecule has 0 saturated heterocycles. The number of carbonyl (C=O) groups is 2. The van der Waals surface area contributed by atoms with E-state index in [0.29, 0.717) is 0 Å². The maximum Gasteiger partial charge on any atom is 0.325 e. The van der Waals surface area contributed by atoms with Gasteiger partial charge in [0.25, 0.3) is 0 Å². The third-order valence-corrected chi connectivity index (χ3v) is 2.69. The summed E-state index contributed by atoms with van der Waals surface area (Å²) in [5.74, 6) is -1.33. The van der Waals surface area contributed by atoms with Crippen LogP contribution in [0.1, 0.15) is 37.7 Å². The molecular weight excluding hydrogens is 234 g/mol. The average Bonchev–Trinajstić information content (AvgIpc) is 2.57. The number of carbonyl (C=O) groups excluding carboxylic acids is 1. The molecular formula is C12H19N3O3. The van der Waals surface area contributed by atoms with Gasteiger partial charge >= 0.3 is 5.97 Å². The van der Waals surface area contributed by atoms with E-state index < -0.39 is 12.0 Å². The molecule has 0 aliphatic heterocycles. The normalized spacial score (nSPS) is 14.0. The highest BCUT2D eigenvalue weighted by molar-refractivity contribution is 5.83. The Morgan fingerprint density at radius 2 is 2.06 bits per heavy atom. The SMILES string of the molecule is Cc1cc(C)n(C(C)CC(=O)N[C@@H](C)C(=O)O)n1. The highest BCUT2D eigenvalue weighted by Gasteiger charge is 2.18. The Labute approximate surface area is 106 Å². The molecule has 0 aliphatic carbocycles. The van der Waals surface area contributed by atoms with E-state index in [0.717, 1.165) is 11.4 Å². The van der Waals surface area contributed by atoms with E-state index in [-0.39, 0.29) is 18.4 Å². The van der Waals surface area contributed by atoms with E-state index in [4.69, 9.17) is 5.11 Å². The number of carboxylic acid groups (broad SMARTS) is 1. The van der Waals surface area contributed by atoms with Gasteiger partial charge in [0.1, 0.15) is 6.04 Å². The van der Waals surface area contributed by atoms with Gasteiger partial charge in [0.15, 0.2) is 0 Å². The van der Waals surface area contributed by atoms with Crippen LogP contribution in [0.4, 0.5) is 0 Å². The van der Waals surface area contributed by atoms with Gasteiger partial charge < -0.3 is 10.4 Å². The molecule has 6 nitrogen and oxygen atoms in total. The van der Waals surface area contributed by atoms with Crippen molar-refractivity contribution in [2.24, 2.45) is 0 Å². The van der Waals surface area contributed by atoms with Crippen molar-refractivity contribution in [2.75, 3.05) is 0 Å². The van der Waals surface area contributed by atoms with Crippen LogP contribution in [0.2, 0.25) is 0 Å². The van der Waals surface area contributed by atoms with E-state index in [9.17, 15) is 9.59 Å². The molecule has 18 heavy (non-hydrogen) atoms. The molecule has 1 amide bonds. The van der Waals surface area contributed by atoms with Crippen molar-refractivity contribution in [3.05, 3.63) is 17.5 Å². The number of nitrogens with zero attached hydrogens (tertiary/aromatic N) is 2. The molecule has 6 heteroatoms. The fourth-order valence-electron chi connectivity index (χ4n) is 1.81. The van der Waals surface area contributed by atoms with Gasteiger partial charge in [-0.1, -0.05) is 0 Å². The minimum absolute atomic E-state index is 0.0975. The second kappa shape index (κ2) is 5.66. The van der Waals surface area contributed by atoms with Gasteiger partial charge in [-0.2, -0.15) is 5.10 Å². The van der Waals surface area contributed by atoms with E-state index >= 15 is 0 Å². The van der Waals surface area contributed by atoms with Crippen LogP contribution in [0.5, 0.6) is 0 Å². The van der Waals surface area contributed by atoms with Crippen LogP contribution < -0.4 is 5.32 Å². The van der Waals surface area contributed by atoms with Gasteiger partial charge in [0.2, 0.25) is 5.91 Å². The van der Waals surface area contributed by atoms with Crippen LogP contribution in [-0.4, -0.2) is 32.8 Å². The summed E-state index contributed by atoms with van der Waals surface area (Å²) in [5.41, 5.74) is 1.89. The van der Waals surface area contributed by atoms with Crippen molar-refractivity contribution in [1.29, 1.82) is 0 Å². The van der Waals surface area contributed by atoms with E-state index in [1.807, 2.05) is 26.8 Å². The Bertz CT molecular complexity index is 453. The Hall–Kier alpha value is -1.85. The summed E-state index contributed by atoms with van der Waals surface area (Å²) in [5, 5.41) is 15.4. The molecule has 2 N–H and O–H groups in total. The maximum atomic E-state index is 11.6. The summed E-state index contributed by atoms with van der Waals surface area (Å²) in [6.45, 7) is 7.13. The lowest BCUT2D eigenvalue weighted by atomic mass is 10.2. The standard InChI is InChI=1S/C12H19N3O3/c1-7-5-8(2)15(14-7)9(3)6-11(16)13-10(4)12(17)18/h5,9-10H,6H2,1-4H3,(H,13,16)(H,17,18)/t9?,10-/m0/s1. The van der Waals surface area contributed by atoms with Crippen molar-refractivity contribution < 1.29 is 14.7 Å². The molecule has 1 aromatic heterocycles. The number of rotatable bonds is 5. The molecule has 0 radical (unpaired) electrons. The second-order valence-electron chi connectivity index (χ2n) is 4.55. The van der Waals surface area contributed by atoms with E-state index in [2.05, 4.69) is 10.4 Å². The number of aryl methyl sites for hydroxylation is 2. The first kappa shape index (κ1) is 14.2. The predicted octanol–water partition coefficient (Wildman–Crippen LogP) is 1.04. The molecule has 1 unspecified atom stereocenters. The zero-order valence-electron chi connectivity index (χ0n) is 11.1. The highest BCUT2D eigenvalue weighted by atomic mass is 16.4. The molecule has 0 aromatic carbocycles. The number of hydrogen-bond acceptors (Lipinski definition) is 3. The van der Waals surface area contributed by atoms with Crippen molar-refractivity contribution >= 4 is 11.9 Å². The molecule has 0 saturated carbocycles. The third kappa shape index (κ3) is 3.58. The van der Waals surface area contributed by atoms with Gasteiger partial charge in [-0.25, -0.2) is 0 Å². The summed E-state index contributed by atoms with van der Waals surface area (Å²) < 4.78 is 1.78. The van der Waals surface area contributed by atoms with Crippen LogP contribution in [-0.2, 0) is 9.59 Å². The molecule has 0 fully saturated rings. The zero-order chi connectivity index (χ0) is 13.9. The molecule has 0 aliphatic rings. The first-order chi connectivity index (χ1) is 8.31. The van der Waals surface area contributed by atoms with Gasteiger partial charge in [-0.15, -0.1) is 0 Å². The quantitative estimate of drug-likeness (QED) is 0.821. The molecule has 100 valence electrons. The van der Waals surface area contributed by atoms with Crippen LogP contribution in [0.25, 0.3) is 0 Å². The molecule has 2 atom stereocenters. The fraction of sp³-hybridized carbons (Fsp3) is 0.583. The first-order valence-corrected chi connectivity index (χ1v) is 5.86. The smallest absolute Gasteiger partial charge is 0.325 e. The van der Waals surface area contributed by atoms with Gasteiger partial charge in [-0.3, -0.25) is 14.3 Å². The molecule has 0 bridgehead atoms. The van der Waals surface area contributed by atoms with Crippen LogP contribution in [0.3, 0.4) is 0 Å². The third-order valence-electron chi connectivity index (χ3n) is 2.69. The maximum absolute atomic E-state index is 11.6. The van der Waals surface area contributed by atoms with Crippen LogP contribution in [0, 0.1) is 13.8 Å². The minimum atomic E-state index is -1.04. The van der Waals surface area contributed by atoms with Crippen LogP contribution >= 0.6 is 0 Å². The summed E-state index contributed by atoms with van der Waals surface area (Å²) in [7, 11) is 0. The minimum Gasteiger partial charge on any atom is -0.480 e. The molecule has 1 rings (SSSR count). The number of aliphatic carboxylic acids is 1. The number of amides is 1.